The van der Waals surface area contributed by atoms with E-state index >= 15 is 0 Å². The quantitative estimate of drug-likeness (QED) is 0.918. The van der Waals surface area contributed by atoms with Crippen molar-refractivity contribution in [2.45, 2.75) is 32.9 Å². The van der Waals surface area contributed by atoms with Crippen LogP contribution in [0.1, 0.15) is 26.3 Å². The fraction of sp³-hybridized carbons (Fsp3) is 0.529. The lowest BCUT2D eigenvalue weighted by Crippen LogP contribution is -2.54. The zero-order chi connectivity index (χ0) is 17.0. The number of anilines is 1. The number of nitrogens with one attached hydrogen (secondary N) is 1. The van der Waals surface area contributed by atoms with Crippen LogP contribution in [0.2, 0.25) is 0 Å². The van der Waals surface area contributed by atoms with Crippen molar-refractivity contribution in [2.75, 3.05) is 31.1 Å². The molecule has 1 N–H and O–H groups in total. The van der Waals surface area contributed by atoms with Gasteiger partial charge in [0, 0.05) is 32.2 Å². The fourth-order valence-electron chi connectivity index (χ4n) is 2.79. The third-order valence-corrected chi connectivity index (χ3v) is 4.09. The van der Waals surface area contributed by atoms with Crippen molar-refractivity contribution in [3.63, 3.8) is 0 Å². The number of nitriles is 1. The molecule has 1 saturated heterocycles. The molecule has 0 saturated carbocycles. The molecule has 1 fully saturated rings. The molecule has 2 rings (SSSR count). The fourth-order valence-corrected chi connectivity index (χ4v) is 2.79. The van der Waals surface area contributed by atoms with Crippen molar-refractivity contribution < 1.29 is 9.18 Å². The van der Waals surface area contributed by atoms with E-state index in [0.717, 1.165) is 18.8 Å². The van der Waals surface area contributed by atoms with E-state index in [0.29, 0.717) is 18.7 Å². The molecule has 124 valence electrons. The molecule has 1 amide bonds. The van der Waals surface area contributed by atoms with Crippen LogP contribution in [0.3, 0.4) is 0 Å². The van der Waals surface area contributed by atoms with E-state index in [1.807, 2.05) is 26.8 Å². The van der Waals surface area contributed by atoms with Gasteiger partial charge in [0.1, 0.15) is 11.9 Å². The highest BCUT2D eigenvalue weighted by molar-refractivity contribution is 5.81. The summed E-state index contributed by atoms with van der Waals surface area (Å²) in [4.78, 5) is 16.3. The van der Waals surface area contributed by atoms with Gasteiger partial charge in [-0.1, -0.05) is 0 Å². The van der Waals surface area contributed by atoms with Crippen LogP contribution in [0.15, 0.2) is 18.2 Å². The number of nitrogens with zero attached hydrogens (tertiary/aromatic N) is 3. The van der Waals surface area contributed by atoms with Gasteiger partial charge in [0.15, 0.2) is 0 Å². The van der Waals surface area contributed by atoms with Gasteiger partial charge in [-0.3, -0.25) is 9.69 Å². The summed E-state index contributed by atoms with van der Waals surface area (Å²) in [7, 11) is 0. The molecule has 0 aliphatic carbocycles. The first-order valence-corrected chi connectivity index (χ1v) is 7.91. The Hall–Kier alpha value is -2.13. The zero-order valence-corrected chi connectivity index (χ0v) is 13.8. The predicted molar refractivity (Wildman–Crippen MR) is 87.6 cm³/mol. The van der Waals surface area contributed by atoms with E-state index in [4.69, 9.17) is 5.26 Å². The van der Waals surface area contributed by atoms with Crippen molar-refractivity contribution >= 4 is 11.6 Å². The highest BCUT2D eigenvalue weighted by Crippen LogP contribution is 2.22. The van der Waals surface area contributed by atoms with Gasteiger partial charge < -0.3 is 10.2 Å². The molecule has 0 radical (unpaired) electrons. The summed E-state index contributed by atoms with van der Waals surface area (Å²) < 4.78 is 13.2. The smallest absolute Gasteiger partial charge is 0.237 e. The number of hydrogen-bond donors (Lipinski definition) is 1. The molecule has 1 heterocycles. The summed E-state index contributed by atoms with van der Waals surface area (Å²) in [5.74, 6) is -0.365. The second-order valence-electron chi connectivity index (χ2n) is 6.14. The maximum atomic E-state index is 13.2. The van der Waals surface area contributed by atoms with Gasteiger partial charge in [0.05, 0.1) is 17.3 Å². The number of amides is 1. The maximum absolute atomic E-state index is 13.2. The largest absolute Gasteiger partial charge is 0.368 e. The lowest BCUT2D eigenvalue weighted by Gasteiger charge is -2.39. The lowest BCUT2D eigenvalue weighted by molar-refractivity contribution is -0.126. The van der Waals surface area contributed by atoms with Crippen LogP contribution in [0.5, 0.6) is 0 Å². The van der Waals surface area contributed by atoms with Gasteiger partial charge >= 0.3 is 0 Å². The molecular formula is C17H23FN4O. The Morgan fingerprint density at radius 2 is 1.91 bits per heavy atom. The van der Waals surface area contributed by atoms with Crippen LogP contribution in [-0.2, 0) is 4.79 Å². The highest BCUT2D eigenvalue weighted by Gasteiger charge is 2.26. The first-order valence-electron chi connectivity index (χ1n) is 7.91. The molecule has 1 aliphatic heterocycles. The molecular weight excluding hydrogens is 295 g/mol. The van der Waals surface area contributed by atoms with E-state index in [-0.39, 0.29) is 18.0 Å². The predicted octanol–water partition coefficient (Wildman–Crippen LogP) is 1.73. The van der Waals surface area contributed by atoms with Crippen LogP contribution in [0.25, 0.3) is 0 Å². The van der Waals surface area contributed by atoms with Crippen molar-refractivity contribution in [3.8, 4) is 6.07 Å². The summed E-state index contributed by atoms with van der Waals surface area (Å²) in [5.41, 5.74) is 1.11. The van der Waals surface area contributed by atoms with Gasteiger partial charge in [-0.2, -0.15) is 5.26 Å². The first-order chi connectivity index (χ1) is 10.9. The summed E-state index contributed by atoms with van der Waals surface area (Å²) in [6.45, 7) is 8.68. The topological polar surface area (TPSA) is 59.4 Å². The minimum Gasteiger partial charge on any atom is -0.368 e. The number of rotatable bonds is 4. The molecule has 1 atom stereocenters. The number of benzene rings is 1. The highest BCUT2D eigenvalue weighted by atomic mass is 19.1. The van der Waals surface area contributed by atoms with Gasteiger partial charge in [-0.05, 0) is 39.0 Å². The molecule has 5 nitrogen and oxygen atoms in total. The van der Waals surface area contributed by atoms with E-state index in [9.17, 15) is 9.18 Å². The minimum absolute atomic E-state index is 0.0351. The SMILES string of the molecule is CC(C)NC(=O)[C@H](C)N1CCN(c2ccc(F)cc2C#N)CC1. The lowest BCUT2D eigenvalue weighted by atomic mass is 10.1. The minimum atomic E-state index is -0.400. The molecule has 0 bridgehead atoms. The third-order valence-electron chi connectivity index (χ3n) is 4.09. The molecule has 23 heavy (non-hydrogen) atoms. The Balaban J connectivity index is 1.99. The Bertz CT molecular complexity index is 603. The molecule has 6 heteroatoms. The summed E-state index contributed by atoms with van der Waals surface area (Å²) in [6, 6.07) is 6.29. The summed E-state index contributed by atoms with van der Waals surface area (Å²) in [6.07, 6.45) is 0. The molecule has 0 spiro atoms. The van der Waals surface area contributed by atoms with Crippen LogP contribution >= 0.6 is 0 Å². The Morgan fingerprint density at radius 1 is 1.26 bits per heavy atom. The number of piperazine rings is 1. The normalized spacial score (nSPS) is 17.0. The molecule has 0 aromatic heterocycles. The van der Waals surface area contributed by atoms with Crippen LogP contribution in [-0.4, -0.2) is 49.1 Å². The number of halogens is 1. The molecule has 0 unspecified atom stereocenters. The third kappa shape index (κ3) is 4.20. The summed E-state index contributed by atoms with van der Waals surface area (Å²) >= 11 is 0. The van der Waals surface area contributed by atoms with Gasteiger partial charge in [-0.15, -0.1) is 0 Å². The average Bonchev–Trinajstić information content (AvgIpc) is 2.53. The standard InChI is InChI=1S/C17H23FN4O/c1-12(2)20-17(23)13(3)21-6-8-22(9-7-21)16-5-4-15(18)10-14(16)11-19/h4-5,10,12-13H,6-9H2,1-3H3,(H,20,23)/t13-/m0/s1. The van der Waals surface area contributed by atoms with Crippen molar-refractivity contribution in [1.29, 1.82) is 5.26 Å². The van der Waals surface area contributed by atoms with Crippen molar-refractivity contribution in [3.05, 3.63) is 29.6 Å². The monoisotopic (exact) mass is 318 g/mol. The molecule has 1 aliphatic rings. The van der Waals surface area contributed by atoms with Crippen LogP contribution in [0.4, 0.5) is 10.1 Å². The van der Waals surface area contributed by atoms with Gasteiger partial charge in [0.2, 0.25) is 5.91 Å². The number of hydrogen-bond acceptors (Lipinski definition) is 4. The van der Waals surface area contributed by atoms with Crippen LogP contribution < -0.4 is 10.2 Å². The zero-order valence-electron chi connectivity index (χ0n) is 13.8. The van der Waals surface area contributed by atoms with E-state index in [1.54, 1.807) is 6.07 Å². The number of carbonyl (C=O) groups excluding carboxylic acids is 1. The Kier molecular flexibility index (Phi) is 5.56. The molecule has 1 aromatic carbocycles. The molecule has 1 aromatic rings. The summed E-state index contributed by atoms with van der Waals surface area (Å²) in [5, 5.41) is 12.1. The second kappa shape index (κ2) is 7.42. The van der Waals surface area contributed by atoms with Gasteiger partial charge in [0.25, 0.3) is 0 Å². The second-order valence-corrected chi connectivity index (χ2v) is 6.14. The van der Waals surface area contributed by atoms with Gasteiger partial charge in [-0.25, -0.2) is 4.39 Å². The first kappa shape index (κ1) is 17.2. The van der Waals surface area contributed by atoms with E-state index in [2.05, 4.69) is 15.1 Å². The Labute approximate surface area is 136 Å². The van der Waals surface area contributed by atoms with Crippen LogP contribution in [0, 0.1) is 17.1 Å². The van der Waals surface area contributed by atoms with E-state index < -0.39 is 5.82 Å². The van der Waals surface area contributed by atoms with E-state index in [1.165, 1.54) is 12.1 Å². The number of carbonyl (C=O) groups is 1. The average molecular weight is 318 g/mol. The van der Waals surface area contributed by atoms with Crippen molar-refractivity contribution in [1.82, 2.24) is 10.2 Å². The Morgan fingerprint density at radius 3 is 2.48 bits per heavy atom. The van der Waals surface area contributed by atoms with Crippen molar-refractivity contribution in [2.24, 2.45) is 0 Å². The maximum Gasteiger partial charge on any atom is 0.237 e.